The summed E-state index contributed by atoms with van der Waals surface area (Å²) in [5.41, 5.74) is 1.44. The monoisotopic (exact) mass is 189 g/mol. The first-order chi connectivity index (χ1) is 6.81. The maximum absolute atomic E-state index is 5.88. The van der Waals surface area contributed by atoms with Crippen LogP contribution in [0.5, 0.6) is 0 Å². The molecule has 0 aliphatic carbocycles. The first-order valence-electron chi connectivity index (χ1n) is 5.23. The second-order valence-corrected chi connectivity index (χ2v) is 4.37. The molecule has 0 N–H and O–H groups in total. The Kier molecular flexibility index (Phi) is 1.70. The van der Waals surface area contributed by atoms with Crippen LogP contribution in [0.25, 0.3) is 0 Å². The molecule has 0 radical (unpaired) electrons. The van der Waals surface area contributed by atoms with Gasteiger partial charge in [-0.2, -0.15) is 0 Å². The van der Waals surface area contributed by atoms with Crippen molar-refractivity contribution < 1.29 is 4.74 Å². The molecule has 0 aromatic heterocycles. The Labute approximate surface area is 84.5 Å². The van der Waals surface area contributed by atoms with Crippen LogP contribution in [0.2, 0.25) is 0 Å². The van der Waals surface area contributed by atoms with Crippen LogP contribution in [-0.2, 0) is 10.3 Å². The van der Waals surface area contributed by atoms with E-state index in [9.17, 15) is 0 Å². The molecule has 2 fully saturated rings. The number of ether oxygens (including phenoxy) is 1. The minimum atomic E-state index is 0.0772. The quantitative estimate of drug-likeness (QED) is 0.624. The van der Waals surface area contributed by atoms with E-state index in [1.807, 2.05) is 0 Å². The molecule has 0 saturated carbocycles. The van der Waals surface area contributed by atoms with Gasteiger partial charge in [0.2, 0.25) is 0 Å². The van der Waals surface area contributed by atoms with Crippen LogP contribution in [0.1, 0.15) is 12.0 Å². The molecule has 74 valence electrons. The highest BCUT2D eigenvalue weighted by atomic mass is 16.6. The van der Waals surface area contributed by atoms with E-state index in [4.69, 9.17) is 4.74 Å². The van der Waals surface area contributed by atoms with E-state index in [1.54, 1.807) is 0 Å². The number of epoxide rings is 1. The highest BCUT2D eigenvalue weighted by Crippen LogP contribution is 2.51. The molecule has 2 heteroatoms. The molecule has 2 aliphatic heterocycles. The van der Waals surface area contributed by atoms with E-state index >= 15 is 0 Å². The zero-order chi connectivity index (χ0) is 9.60. The van der Waals surface area contributed by atoms with E-state index in [-0.39, 0.29) is 5.60 Å². The van der Waals surface area contributed by atoms with Crippen molar-refractivity contribution >= 4 is 0 Å². The molecule has 0 bridgehead atoms. The molecule has 14 heavy (non-hydrogen) atoms. The summed E-state index contributed by atoms with van der Waals surface area (Å²) in [6.45, 7) is 2.22. The van der Waals surface area contributed by atoms with Gasteiger partial charge in [0.05, 0.1) is 0 Å². The Hall–Kier alpha value is -0.860. The molecule has 0 amide bonds. The molecule has 1 aromatic carbocycles. The van der Waals surface area contributed by atoms with Gasteiger partial charge in [0, 0.05) is 13.1 Å². The first kappa shape index (κ1) is 8.45. The largest absolute Gasteiger partial charge is 0.360 e. The predicted octanol–water partition coefficient (Wildman–Crippen LogP) is 1.62. The van der Waals surface area contributed by atoms with Crippen molar-refractivity contribution in [2.24, 2.45) is 0 Å². The Balaban J connectivity index is 1.88. The van der Waals surface area contributed by atoms with Crippen LogP contribution in [0.15, 0.2) is 30.3 Å². The first-order valence-corrected chi connectivity index (χ1v) is 5.23. The second-order valence-electron chi connectivity index (χ2n) is 4.37. The number of likely N-dealkylation sites (N-methyl/N-ethyl adjacent to an activating group) is 1. The topological polar surface area (TPSA) is 15.8 Å². The standard InChI is InChI=1S/C12H15NO/c1-13-8-7-12(11(9-13)14-12)10-5-3-2-4-6-10/h2-6,11H,7-9H2,1H3. The number of hydrogen-bond donors (Lipinski definition) is 0. The number of piperidine rings is 1. The molecule has 2 unspecified atom stereocenters. The zero-order valence-corrected chi connectivity index (χ0v) is 8.44. The van der Waals surface area contributed by atoms with Gasteiger partial charge in [0.25, 0.3) is 0 Å². The van der Waals surface area contributed by atoms with Crippen molar-refractivity contribution in [2.45, 2.75) is 18.1 Å². The zero-order valence-electron chi connectivity index (χ0n) is 8.44. The molecule has 2 saturated heterocycles. The van der Waals surface area contributed by atoms with Crippen molar-refractivity contribution in [1.29, 1.82) is 0 Å². The summed E-state index contributed by atoms with van der Waals surface area (Å²) in [6, 6.07) is 10.6. The number of benzene rings is 1. The van der Waals surface area contributed by atoms with E-state index in [0.29, 0.717) is 6.10 Å². The van der Waals surface area contributed by atoms with Crippen molar-refractivity contribution in [3.8, 4) is 0 Å². The number of likely N-dealkylation sites (tertiary alicyclic amines) is 1. The number of rotatable bonds is 1. The third kappa shape index (κ3) is 1.11. The van der Waals surface area contributed by atoms with Crippen LogP contribution >= 0.6 is 0 Å². The lowest BCUT2D eigenvalue weighted by Gasteiger charge is -2.24. The average Bonchev–Trinajstić information content (AvgIpc) is 2.94. The predicted molar refractivity (Wildman–Crippen MR) is 55.1 cm³/mol. The summed E-state index contributed by atoms with van der Waals surface area (Å²) in [4.78, 5) is 2.35. The van der Waals surface area contributed by atoms with Crippen LogP contribution in [-0.4, -0.2) is 31.1 Å². The molecule has 1 aromatic rings. The number of fused-ring (bicyclic) bond motifs is 1. The van der Waals surface area contributed by atoms with E-state index in [2.05, 4.69) is 42.3 Å². The van der Waals surface area contributed by atoms with E-state index in [1.165, 1.54) is 5.56 Å². The minimum Gasteiger partial charge on any atom is -0.360 e. The second kappa shape index (κ2) is 2.81. The summed E-state index contributed by atoms with van der Waals surface area (Å²) in [5.74, 6) is 0. The molecule has 0 spiro atoms. The van der Waals surface area contributed by atoms with Crippen molar-refractivity contribution in [3.63, 3.8) is 0 Å². The minimum absolute atomic E-state index is 0.0772. The van der Waals surface area contributed by atoms with Gasteiger partial charge in [-0.1, -0.05) is 30.3 Å². The Morgan fingerprint density at radius 2 is 2.14 bits per heavy atom. The molecule has 2 nitrogen and oxygen atoms in total. The summed E-state index contributed by atoms with van der Waals surface area (Å²) in [5, 5.41) is 0. The lowest BCUT2D eigenvalue weighted by atomic mass is 9.89. The van der Waals surface area contributed by atoms with Crippen LogP contribution < -0.4 is 0 Å². The Morgan fingerprint density at radius 3 is 2.86 bits per heavy atom. The third-order valence-electron chi connectivity index (χ3n) is 3.42. The van der Waals surface area contributed by atoms with Gasteiger partial charge in [-0.15, -0.1) is 0 Å². The fraction of sp³-hybridized carbons (Fsp3) is 0.500. The molecule has 2 heterocycles. The molecular formula is C12H15NO. The Bertz CT molecular complexity index is 337. The van der Waals surface area contributed by atoms with Crippen LogP contribution in [0.3, 0.4) is 0 Å². The maximum Gasteiger partial charge on any atom is 0.122 e. The molecule has 3 rings (SSSR count). The fourth-order valence-corrected chi connectivity index (χ4v) is 2.47. The van der Waals surface area contributed by atoms with E-state index < -0.39 is 0 Å². The highest BCUT2D eigenvalue weighted by molar-refractivity contribution is 5.30. The smallest absolute Gasteiger partial charge is 0.122 e. The van der Waals surface area contributed by atoms with Gasteiger partial charge in [-0.25, -0.2) is 0 Å². The number of hydrogen-bond acceptors (Lipinski definition) is 2. The van der Waals surface area contributed by atoms with Gasteiger partial charge in [-0.05, 0) is 19.0 Å². The highest BCUT2D eigenvalue weighted by Gasteiger charge is 2.59. The summed E-state index contributed by atoms with van der Waals surface area (Å²) < 4.78 is 5.88. The van der Waals surface area contributed by atoms with Gasteiger partial charge in [0.1, 0.15) is 11.7 Å². The van der Waals surface area contributed by atoms with Crippen molar-refractivity contribution in [1.82, 2.24) is 4.90 Å². The Morgan fingerprint density at radius 1 is 1.36 bits per heavy atom. The average molecular weight is 189 g/mol. The molecular weight excluding hydrogens is 174 g/mol. The van der Waals surface area contributed by atoms with Crippen molar-refractivity contribution in [3.05, 3.63) is 35.9 Å². The summed E-state index contributed by atoms with van der Waals surface area (Å²) in [6.07, 6.45) is 1.57. The van der Waals surface area contributed by atoms with Gasteiger partial charge < -0.3 is 9.64 Å². The van der Waals surface area contributed by atoms with Gasteiger partial charge in [0.15, 0.2) is 0 Å². The molecule has 2 aliphatic rings. The van der Waals surface area contributed by atoms with Gasteiger partial charge >= 0.3 is 0 Å². The van der Waals surface area contributed by atoms with Crippen LogP contribution in [0.4, 0.5) is 0 Å². The normalized spacial score (nSPS) is 36.5. The lowest BCUT2D eigenvalue weighted by molar-refractivity contribution is 0.263. The maximum atomic E-state index is 5.88. The van der Waals surface area contributed by atoms with Crippen molar-refractivity contribution in [2.75, 3.05) is 20.1 Å². The lowest BCUT2D eigenvalue weighted by Crippen LogP contribution is -2.35. The summed E-state index contributed by atoms with van der Waals surface area (Å²) >= 11 is 0. The third-order valence-corrected chi connectivity index (χ3v) is 3.42. The number of nitrogens with zero attached hydrogens (tertiary/aromatic N) is 1. The summed E-state index contributed by atoms with van der Waals surface area (Å²) in [7, 11) is 2.16. The fourth-order valence-electron chi connectivity index (χ4n) is 2.47. The SMILES string of the molecule is CN1CCC2(c3ccccc3)OC2C1. The van der Waals surface area contributed by atoms with E-state index in [0.717, 1.165) is 19.5 Å². The molecule has 2 atom stereocenters. The van der Waals surface area contributed by atoms with Gasteiger partial charge in [-0.3, -0.25) is 0 Å². The van der Waals surface area contributed by atoms with Crippen LogP contribution in [0, 0.1) is 0 Å².